The molecule has 0 radical (unpaired) electrons. The smallest absolute Gasteiger partial charge is 0.261 e. The molecule has 1 amide bonds. The standard InChI is InChI=1S/C19H27BrN2O2S/c1-13(2)12-24-17-10-9-14(20)11-16(17)18(23)22-19(25)21-15-7-5-3-4-6-8-15/h9-11,13,15H,3-8,12H2,1-2H3,(H2,21,22,23,25). The summed E-state index contributed by atoms with van der Waals surface area (Å²) in [6.45, 7) is 4.71. The van der Waals surface area contributed by atoms with E-state index < -0.39 is 0 Å². The van der Waals surface area contributed by atoms with E-state index in [4.69, 9.17) is 17.0 Å². The Labute approximate surface area is 164 Å². The van der Waals surface area contributed by atoms with Gasteiger partial charge in [0.05, 0.1) is 12.2 Å². The third kappa shape index (κ3) is 6.94. The van der Waals surface area contributed by atoms with Crippen molar-refractivity contribution >= 4 is 39.2 Å². The van der Waals surface area contributed by atoms with Crippen molar-refractivity contribution < 1.29 is 9.53 Å². The first-order chi connectivity index (χ1) is 12.0. The van der Waals surface area contributed by atoms with Gasteiger partial charge in [0.25, 0.3) is 5.91 Å². The maximum atomic E-state index is 12.6. The Hall–Kier alpha value is -1.14. The van der Waals surface area contributed by atoms with Gasteiger partial charge in [0, 0.05) is 10.5 Å². The Morgan fingerprint density at radius 2 is 1.96 bits per heavy atom. The SMILES string of the molecule is CC(C)COc1ccc(Br)cc1C(=O)NC(=S)NC1CCCCCC1. The predicted octanol–water partition coefficient (Wildman–Crippen LogP) is 4.81. The normalized spacial score (nSPS) is 15.5. The molecular weight excluding hydrogens is 400 g/mol. The van der Waals surface area contributed by atoms with Gasteiger partial charge in [-0.05, 0) is 49.2 Å². The fourth-order valence-electron chi connectivity index (χ4n) is 2.88. The van der Waals surface area contributed by atoms with Crippen LogP contribution >= 0.6 is 28.1 Å². The van der Waals surface area contributed by atoms with Crippen LogP contribution in [0.15, 0.2) is 22.7 Å². The predicted molar refractivity (Wildman–Crippen MR) is 109 cm³/mol. The zero-order valence-corrected chi connectivity index (χ0v) is 17.3. The van der Waals surface area contributed by atoms with Crippen LogP contribution in [0.1, 0.15) is 62.7 Å². The molecule has 6 heteroatoms. The van der Waals surface area contributed by atoms with Gasteiger partial charge in [-0.3, -0.25) is 10.1 Å². The average molecular weight is 427 g/mol. The van der Waals surface area contributed by atoms with Gasteiger partial charge >= 0.3 is 0 Å². The van der Waals surface area contributed by atoms with E-state index >= 15 is 0 Å². The number of hydrogen-bond acceptors (Lipinski definition) is 3. The lowest BCUT2D eigenvalue weighted by Crippen LogP contribution is -2.44. The maximum absolute atomic E-state index is 12.6. The molecule has 1 saturated carbocycles. The van der Waals surface area contributed by atoms with Gasteiger partial charge in [-0.2, -0.15) is 0 Å². The molecule has 0 bridgehead atoms. The lowest BCUT2D eigenvalue weighted by molar-refractivity contribution is 0.0971. The number of carbonyl (C=O) groups excluding carboxylic acids is 1. The topological polar surface area (TPSA) is 50.4 Å². The third-order valence-electron chi connectivity index (χ3n) is 4.18. The van der Waals surface area contributed by atoms with E-state index in [-0.39, 0.29) is 5.91 Å². The number of rotatable bonds is 5. The molecule has 2 rings (SSSR count). The van der Waals surface area contributed by atoms with Crippen LogP contribution in [0.25, 0.3) is 0 Å². The fourth-order valence-corrected chi connectivity index (χ4v) is 3.50. The number of hydrogen-bond donors (Lipinski definition) is 2. The number of thiocarbonyl (C=S) groups is 1. The summed E-state index contributed by atoms with van der Waals surface area (Å²) < 4.78 is 6.61. The number of benzene rings is 1. The molecule has 0 unspecified atom stereocenters. The van der Waals surface area contributed by atoms with Gasteiger partial charge in [0.1, 0.15) is 5.75 Å². The quantitative estimate of drug-likeness (QED) is 0.523. The molecule has 138 valence electrons. The number of halogens is 1. The minimum absolute atomic E-state index is 0.244. The fraction of sp³-hybridized carbons (Fsp3) is 0.579. The molecule has 0 aromatic heterocycles. The van der Waals surface area contributed by atoms with Crippen LogP contribution in [0, 0.1) is 5.92 Å². The van der Waals surface area contributed by atoms with Crippen LogP contribution in [0.2, 0.25) is 0 Å². The van der Waals surface area contributed by atoms with Crippen LogP contribution in [-0.4, -0.2) is 23.7 Å². The zero-order valence-electron chi connectivity index (χ0n) is 14.9. The Bertz CT molecular complexity index is 599. The first kappa shape index (κ1) is 20.2. The minimum Gasteiger partial charge on any atom is -0.492 e. The Morgan fingerprint density at radius 3 is 2.60 bits per heavy atom. The van der Waals surface area contributed by atoms with E-state index in [9.17, 15) is 4.79 Å². The molecule has 2 N–H and O–H groups in total. The summed E-state index contributed by atoms with van der Waals surface area (Å²) >= 11 is 8.76. The molecule has 1 aromatic rings. The van der Waals surface area contributed by atoms with Crippen LogP contribution < -0.4 is 15.4 Å². The maximum Gasteiger partial charge on any atom is 0.261 e. The van der Waals surface area contributed by atoms with Crippen molar-refractivity contribution in [1.82, 2.24) is 10.6 Å². The average Bonchev–Trinajstić information content (AvgIpc) is 2.82. The molecule has 0 aliphatic heterocycles. The second kappa shape index (κ2) is 10.1. The van der Waals surface area contributed by atoms with Crippen LogP contribution in [0.5, 0.6) is 5.75 Å². The van der Waals surface area contributed by atoms with Crippen LogP contribution in [0.3, 0.4) is 0 Å². The molecular formula is C19H27BrN2O2S. The van der Waals surface area contributed by atoms with Gasteiger partial charge in [0.15, 0.2) is 5.11 Å². The van der Waals surface area contributed by atoms with Crippen LogP contribution in [-0.2, 0) is 0 Å². The minimum atomic E-state index is -0.244. The highest BCUT2D eigenvalue weighted by atomic mass is 79.9. The van der Waals surface area contributed by atoms with Crippen molar-refractivity contribution in [2.45, 2.75) is 58.4 Å². The summed E-state index contributed by atoms with van der Waals surface area (Å²) in [7, 11) is 0. The molecule has 4 nitrogen and oxygen atoms in total. The second-order valence-corrected chi connectivity index (χ2v) is 8.29. The van der Waals surface area contributed by atoms with E-state index in [1.165, 1.54) is 25.7 Å². The number of carbonyl (C=O) groups is 1. The van der Waals surface area contributed by atoms with E-state index in [1.54, 1.807) is 6.07 Å². The van der Waals surface area contributed by atoms with E-state index in [2.05, 4.69) is 40.4 Å². The third-order valence-corrected chi connectivity index (χ3v) is 4.89. The van der Waals surface area contributed by atoms with Gasteiger partial charge in [-0.15, -0.1) is 0 Å². The molecule has 25 heavy (non-hydrogen) atoms. The number of amides is 1. The molecule has 0 saturated heterocycles. The summed E-state index contributed by atoms with van der Waals surface area (Å²) in [6.07, 6.45) is 7.21. The first-order valence-electron chi connectivity index (χ1n) is 9.00. The van der Waals surface area contributed by atoms with Crippen LogP contribution in [0.4, 0.5) is 0 Å². The van der Waals surface area contributed by atoms with Crippen molar-refractivity contribution in [3.8, 4) is 5.75 Å². The van der Waals surface area contributed by atoms with Crippen molar-refractivity contribution in [2.75, 3.05) is 6.61 Å². The largest absolute Gasteiger partial charge is 0.492 e. The Kier molecular flexibility index (Phi) is 8.16. The lowest BCUT2D eigenvalue weighted by atomic mass is 10.1. The highest BCUT2D eigenvalue weighted by molar-refractivity contribution is 9.10. The van der Waals surface area contributed by atoms with E-state index in [0.717, 1.165) is 17.3 Å². The highest BCUT2D eigenvalue weighted by Crippen LogP contribution is 2.24. The second-order valence-electron chi connectivity index (χ2n) is 6.96. The van der Waals surface area contributed by atoms with Gasteiger partial charge in [-0.25, -0.2) is 0 Å². The molecule has 1 aliphatic carbocycles. The van der Waals surface area contributed by atoms with Crippen molar-refractivity contribution in [3.05, 3.63) is 28.2 Å². The first-order valence-corrected chi connectivity index (χ1v) is 10.2. The van der Waals surface area contributed by atoms with Crippen molar-refractivity contribution in [1.29, 1.82) is 0 Å². The molecule has 1 aromatic carbocycles. The zero-order chi connectivity index (χ0) is 18.2. The number of nitrogens with one attached hydrogen (secondary N) is 2. The monoisotopic (exact) mass is 426 g/mol. The lowest BCUT2D eigenvalue weighted by Gasteiger charge is -2.19. The summed E-state index contributed by atoms with van der Waals surface area (Å²) in [5.41, 5.74) is 0.486. The van der Waals surface area contributed by atoms with E-state index in [0.29, 0.717) is 35.0 Å². The van der Waals surface area contributed by atoms with E-state index in [1.807, 2.05) is 12.1 Å². The Balaban J connectivity index is 1.98. The summed E-state index contributed by atoms with van der Waals surface area (Å²) in [5, 5.41) is 6.49. The molecule has 0 heterocycles. The summed E-state index contributed by atoms with van der Waals surface area (Å²) in [5.74, 6) is 0.718. The van der Waals surface area contributed by atoms with Gasteiger partial charge in [-0.1, -0.05) is 55.5 Å². The highest BCUT2D eigenvalue weighted by Gasteiger charge is 2.18. The van der Waals surface area contributed by atoms with Crippen molar-refractivity contribution in [2.24, 2.45) is 5.92 Å². The Morgan fingerprint density at radius 1 is 1.28 bits per heavy atom. The number of ether oxygens (including phenoxy) is 1. The van der Waals surface area contributed by atoms with Gasteiger partial charge in [0.2, 0.25) is 0 Å². The molecule has 1 aliphatic rings. The van der Waals surface area contributed by atoms with Crippen molar-refractivity contribution in [3.63, 3.8) is 0 Å². The molecule has 1 fully saturated rings. The molecule has 0 spiro atoms. The summed E-state index contributed by atoms with van der Waals surface area (Å²) in [6, 6.07) is 5.80. The molecule has 0 atom stereocenters. The summed E-state index contributed by atoms with van der Waals surface area (Å²) in [4.78, 5) is 12.6. The van der Waals surface area contributed by atoms with Gasteiger partial charge < -0.3 is 10.1 Å².